The van der Waals surface area contributed by atoms with Gasteiger partial charge in [0, 0.05) is 18.6 Å². The second-order valence-electron chi connectivity index (χ2n) is 8.61. The van der Waals surface area contributed by atoms with Crippen LogP contribution in [0.2, 0.25) is 0 Å². The summed E-state index contributed by atoms with van der Waals surface area (Å²) in [7, 11) is 0. The Labute approximate surface area is 184 Å². The maximum Gasteiger partial charge on any atom is 0.220 e. The number of Topliss-reactive ketones (excluding diaryl/α,β-unsaturated/α-hetero) is 1. The molecule has 0 aromatic carbocycles. The predicted octanol–water partition coefficient (Wildman–Crippen LogP) is -6.09. The van der Waals surface area contributed by atoms with E-state index in [1.165, 1.54) is 0 Å². The van der Waals surface area contributed by atoms with E-state index < -0.39 is 91.9 Å². The van der Waals surface area contributed by atoms with Gasteiger partial charge in [0.15, 0.2) is 6.29 Å². The topological polar surface area (TPSA) is 265 Å². The Balaban J connectivity index is 1.71. The van der Waals surface area contributed by atoms with Crippen LogP contribution in [0.4, 0.5) is 0 Å². The minimum absolute atomic E-state index is 0.0445. The Bertz CT molecular complexity index is 648. The molecule has 1 aliphatic carbocycles. The van der Waals surface area contributed by atoms with Gasteiger partial charge in [0.25, 0.3) is 0 Å². The molecule has 0 amide bonds. The molecule has 0 aromatic heterocycles. The standard InChI is InChI=1S/C18H35N5O9/c19-3-9-8(25)2-7(22)17(29-9)31-15-5(20)1-6(21)16(14(15)28)32-18-13(27)11(23)12(26)10(4-24)30-18/h5-12,14-18,24-26,28H,1-4,19-23H2/t5-,6+,7+,8-,9+,10+,11-,12+,14-,15+,16-,17+,18+/m0/s1. The molecule has 0 aromatic rings. The summed E-state index contributed by atoms with van der Waals surface area (Å²) in [6, 6.07) is -3.54. The first kappa shape index (κ1) is 25.8. The van der Waals surface area contributed by atoms with Crippen LogP contribution in [0.15, 0.2) is 0 Å². The molecular formula is C18H35N5O9. The average molecular weight is 466 g/mol. The molecule has 32 heavy (non-hydrogen) atoms. The molecular weight excluding hydrogens is 430 g/mol. The molecule has 1 saturated carbocycles. The van der Waals surface area contributed by atoms with Crippen LogP contribution in [-0.4, -0.2) is 119 Å². The quantitative estimate of drug-likeness (QED) is 0.177. The van der Waals surface area contributed by atoms with Gasteiger partial charge < -0.3 is 68.0 Å². The van der Waals surface area contributed by atoms with Crippen molar-refractivity contribution in [3.8, 4) is 0 Å². The first-order chi connectivity index (χ1) is 15.1. The fraction of sp³-hybridized carbons (Fsp3) is 0.944. The maximum atomic E-state index is 12.4. The summed E-state index contributed by atoms with van der Waals surface area (Å²) in [6.07, 6.45) is -9.89. The summed E-state index contributed by atoms with van der Waals surface area (Å²) in [6.45, 7) is -0.550. The van der Waals surface area contributed by atoms with Crippen LogP contribution in [0.25, 0.3) is 0 Å². The van der Waals surface area contributed by atoms with E-state index in [4.69, 9.17) is 47.6 Å². The molecule has 0 unspecified atom stereocenters. The van der Waals surface area contributed by atoms with Crippen molar-refractivity contribution >= 4 is 5.78 Å². The highest BCUT2D eigenvalue weighted by Crippen LogP contribution is 2.30. The lowest BCUT2D eigenvalue weighted by molar-refractivity contribution is -0.286. The predicted molar refractivity (Wildman–Crippen MR) is 107 cm³/mol. The van der Waals surface area contributed by atoms with E-state index in [9.17, 15) is 25.2 Å². The number of carbonyl (C=O) groups excluding carboxylic acids is 1. The molecule has 13 atom stereocenters. The van der Waals surface area contributed by atoms with E-state index in [1.807, 2.05) is 0 Å². The van der Waals surface area contributed by atoms with E-state index in [0.717, 1.165) is 0 Å². The lowest BCUT2D eigenvalue weighted by Crippen LogP contribution is -2.67. The number of hydrogen-bond donors (Lipinski definition) is 9. The van der Waals surface area contributed by atoms with Crippen molar-refractivity contribution in [3.05, 3.63) is 0 Å². The zero-order valence-corrected chi connectivity index (χ0v) is 17.6. The Morgan fingerprint density at radius 2 is 1.50 bits per heavy atom. The van der Waals surface area contributed by atoms with Crippen molar-refractivity contribution in [1.82, 2.24) is 0 Å². The smallest absolute Gasteiger partial charge is 0.220 e. The summed E-state index contributed by atoms with van der Waals surface area (Å²) >= 11 is 0. The molecule has 0 bridgehead atoms. The van der Waals surface area contributed by atoms with E-state index in [0.29, 0.717) is 0 Å². The monoisotopic (exact) mass is 465 g/mol. The van der Waals surface area contributed by atoms with Crippen LogP contribution in [0.3, 0.4) is 0 Å². The molecule has 0 radical (unpaired) electrons. The van der Waals surface area contributed by atoms with Crippen molar-refractivity contribution < 1.29 is 44.2 Å². The Kier molecular flexibility index (Phi) is 8.54. The lowest BCUT2D eigenvalue weighted by atomic mass is 9.84. The molecule has 3 rings (SSSR count). The third-order valence-corrected chi connectivity index (χ3v) is 6.26. The largest absolute Gasteiger partial charge is 0.394 e. The van der Waals surface area contributed by atoms with Crippen LogP contribution in [0, 0.1) is 0 Å². The molecule has 0 spiro atoms. The van der Waals surface area contributed by atoms with Gasteiger partial charge in [0.2, 0.25) is 12.1 Å². The van der Waals surface area contributed by atoms with Gasteiger partial charge in [0.1, 0.15) is 30.5 Å². The van der Waals surface area contributed by atoms with Crippen molar-refractivity contribution in [2.45, 2.75) is 92.3 Å². The van der Waals surface area contributed by atoms with Crippen LogP contribution < -0.4 is 28.7 Å². The number of aliphatic hydroxyl groups excluding tert-OH is 4. The maximum absolute atomic E-state index is 12.4. The zero-order chi connectivity index (χ0) is 23.7. The van der Waals surface area contributed by atoms with Crippen LogP contribution in [0.5, 0.6) is 0 Å². The van der Waals surface area contributed by atoms with Crippen LogP contribution in [-0.2, 0) is 23.7 Å². The molecule has 14 nitrogen and oxygen atoms in total. The molecule has 3 aliphatic rings. The molecule has 14 heteroatoms. The van der Waals surface area contributed by atoms with E-state index in [1.54, 1.807) is 0 Å². The summed E-state index contributed by atoms with van der Waals surface area (Å²) in [4.78, 5) is 12.4. The third-order valence-electron chi connectivity index (χ3n) is 6.26. The van der Waals surface area contributed by atoms with E-state index in [2.05, 4.69) is 0 Å². The van der Waals surface area contributed by atoms with Gasteiger partial charge in [-0.1, -0.05) is 0 Å². The van der Waals surface area contributed by atoms with E-state index >= 15 is 0 Å². The zero-order valence-electron chi connectivity index (χ0n) is 17.6. The van der Waals surface area contributed by atoms with Gasteiger partial charge in [-0.15, -0.1) is 0 Å². The van der Waals surface area contributed by atoms with Gasteiger partial charge in [0.05, 0.1) is 30.9 Å². The van der Waals surface area contributed by atoms with Crippen molar-refractivity contribution in [3.63, 3.8) is 0 Å². The van der Waals surface area contributed by atoms with Gasteiger partial charge in [-0.05, 0) is 12.8 Å². The Morgan fingerprint density at radius 1 is 0.875 bits per heavy atom. The number of hydrogen-bond acceptors (Lipinski definition) is 14. The molecule has 3 fully saturated rings. The van der Waals surface area contributed by atoms with Crippen LogP contribution >= 0.6 is 0 Å². The fourth-order valence-electron chi connectivity index (χ4n) is 4.30. The number of ketones is 1. The summed E-state index contributed by atoms with van der Waals surface area (Å²) < 4.78 is 22.5. The lowest BCUT2D eigenvalue weighted by Gasteiger charge is -2.46. The molecule has 186 valence electrons. The second kappa shape index (κ2) is 10.6. The SMILES string of the molecule is NC[C@H]1O[C@H](O[C@H]2[C@H](O)[C@@H](O[C@H]3O[C@H](CO)[C@@H](O)[C@H](N)C3=O)[C@H](N)C[C@@H]2N)[C@H](N)C[C@@H]1O. The number of aliphatic hydroxyl groups is 4. The number of carbonyl (C=O) groups is 1. The number of ether oxygens (including phenoxy) is 4. The minimum Gasteiger partial charge on any atom is -0.394 e. The fourth-order valence-corrected chi connectivity index (χ4v) is 4.30. The molecule has 2 aliphatic heterocycles. The summed E-state index contributed by atoms with van der Waals surface area (Å²) in [5.41, 5.74) is 29.6. The number of rotatable bonds is 6. The first-order valence-electron chi connectivity index (χ1n) is 10.6. The van der Waals surface area contributed by atoms with Gasteiger partial charge in [-0.25, -0.2) is 0 Å². The van der Waals surface area contributed by atoms with Crippen molar-refractivity contribution in [1.29, 1.82) is 0 Å². The Morgan fingerprint density at radius 3 is 2.09 bits per heavy atom. The van der Waals surface area contributed by atoms with Crippen molar-refractivity contribution in [2.24, 2.45) is 28.7 Å². The summed E-state index contributed by atoms with van der Waals surface area (Å²) in [5.74, 6) is -0.758. The van der Waals surface area contributed by atoms with Gasteiger partial charge >= 0.3 is 0 Å². The second-order valence-corrected chi connectivity index (χ2v) is 8.61. The highest BCUT2D eigenvalue weighted by Gasteiger charge is 2.50. The molecule has 2 heterocycles. The highest BCUT2D eigenvalue weighted by atomic mass is 16.7. The minimum atomic E-state index is -1.56. The van der Waals surface area contributed by atoms with Crippen molar-refractivity contribution in [2.75, 3.05) is 13.2 Å². The highest BCUT2D eigenvalue weighted by molar-refractivity contribution is 5.88. The van der Waals surface area contributed by atoms with Crippen LogP contribution in [0.1, 0.15) is 12.8 Å². The normalized spacial score (nSPS) is 50.4. The van der Waals surface area contributed by atoms with Gasteiger partial charge in [-0.3, -0.25) is 4.79 Å². The summed E-state index contributed by atoms with van der Waals surface area (Å²) in [5, 5.41) is 40.2. The van der Waals surface area contributed by atoms with E-state index in [-0.39, 0.29) is 19.4 Å². The molecule has 14 N–H and O–H groups in total. The average Bonchev–Trinajstić information content (AvgIpc) is 2.75. The third kappa shape index (κ3) is 5.12. The Hall–Kier alpha value is -0.850. The first-order valence-corrected chi connectivity index (χ1v) is 10.6. The van der Waals surface area contributed by atoms with Gasteiger partial charge in [-0.2, -0.15) is 0 Å². The number of nitrogens with two attached hydrogens (primary N) is 5. The molecule has 2 saturated heterocycles.